The second-order valence-electron chi connectivity index (χ2n) is 3.98. The lowest BCUT2D eigenvalue weighted by molar-refractivity contribution is 0.262. The van der Waals surface area contributed by atoms with Gasteiger partial charge in [-0.05, 0) is 24.6 Å². The summed E-state index contributed by atoms with van der Waals surface area (Å²) in [6.45, 7) is 1.96. The first-order valence-electron chi connectivity index (χ1n) is 5.67. The van der Waals surface area contributed by atoms with Crippen molar-refractivity contribution in [2.75, 3.05) is 6.61 Å². The summed E-state index contributed by atoms with van der Waals surface area (Å²) in [4.78, 5) is 4.28. The van der Waals surface area contributed by atoms with E-state index >= 15 is 0 Å². The zero-order valence-corrected chi connectivity index (χ0v) is 10.7. The molecule has 0 amide bonds. The van der Waals surface area contributed by atoms with E-state index in [1.165, 1.54) is 11.3 Å². The summed E-state index contributed by atoms with van der Waals surface area (Å²) in [6, 6.07) is 3.30. The lowest BCUT2D eigenvalue weighted by Crippen LogP contribution is -2.01. The number of rotatable bonds is 4. The lowest BCUT2D eigenvalue weighted by Gasteiger charge is -2.06. The molecule has 18 heavy (non-hydrogen) atoms. The third-order valence-electron chi connectivity index (χ3n) is 2.79. The molecular weight excluding hydrogens is 256 g/mol. The number of nitrogens with zero attached hydrogens (tertiary/aromatic N) is 1. The maximum Gasteiger partial charge on any atom is 0.132 e. The highest BCUT2D eigenvalue weighted by Gasteiger charge is 2.15. The lowest BCUT2D eigenvalue weighted by atomic mass is 10.1. The van der Waals surface area contributed by atoms with Gasteiger partial charge in [-0.3, -0.25) is 0 Å². The molecule has 1 aromatic heterocycles. The first kappa shape index (κ1) is 13.1. The second kappa shape index (κ2) is 5.54. The molecule has 1 N–H and O–H groups in total. The van der Waals surface area contributed by atoms with E-state index in [1.54, 1.807) is 5.38 Å². The highest BCUT2D eigenvalue weighted by molar-refractivity contribution is 7.10. The second-order valence-corrected chi connectivity index (χ2v) is 4.87. The predicted octanol–water partition coefficient (Wildman–Crippen LogP) is 3.57. The van der Waals surface area contributed by atoms with E-state index in [9.17, 15) is 13.9 Å². The maximum atomic E-state index is 13.6. The third-order valence-corrected chi connectivity index (χ3v) is 3.80. The van der Waals surface area contributed by atoms with Gasteiger partial charge < -0.3 is 5.11 Å². The Balaban J connectivity index is 2.37. The summed E-state index contributed by atoms with van der Waals surface area (Å²) in [7, 11) is 0. The number of benzene rings is 1. The number of halogens is 2. The third kappa shape index (κ3) is 2.57. The van der Waals surface area contributed by atoms with Gasteiger partial charge in [0.1, 0.15) is 11.6 Å². The van der Waals surface area contributed by atoms with Crippen LogP contribution in [0.3, 0.4) is 0 Å². The fourth-order valence-electron chi connectivity index (χ4n) is 1.67. The van der Waals surface area contributed by atoms with Crippen molar-refractivity contribution in [1.29, 1.82) is 0 Å². The van der Waals surface area contributed by atoms with Gasteiger partial charge >= 0.3 is 0 Å². The van der Waals surface area contributed by atoms with Crippen LogP contribution in [-0.2, 0) is 0 Å². The van der Waals surface area contributed by atoms with Gasteiger partial charge in [-0.15, -0.1) is 11.3 Å². The van der Waals surface area contributed by atoms with E-state index in [-0.39, 0.29) is 18.1 Å². The van der Waals surface area contributed by atoms with Crippen LogP contribution in [0.2, 0.25) is 0 Å². The molecule has 0 aliphatic rings. The standard InChI is InChI=1S/C13H13F2NOS/c1-2-8(6-17)13-16-12(7-18-13)10-5-9(14)3-4-11(10)15/h3-5,7-8,17H,2,6H2,1H3. The highest BCUT2D eigenvalue weighted by atomic mass is 32.1. The van der Waals surface area contributed by atoms with E-state index in [1.807, 2.05) is 6.92 Å². The normalized spacial score (nSPS) is 12.7. The summed E-state index contributed by atoms with van der Waals surface area (Å²) in [6.07, 6.45) is 0.759. The molecule has 1 unspecified atom stereocenters. The van der Waals surface area contributed by atoms with Gasteiger partial charge in [-0.25, -0.2) is 13.8 Å². The van der Waals surface area contributed by atoms with Gasteiger partial charge in [0, 0.05) is 16.9 Å². The Morgan fingerprint density at radius 3 is 2.83 bits per heavy atom. The molecule has 5 heteroatoms. The summed E-state index contributed by atoms with van der Waals surface area (Å²) in [5, 5.41) is 11.6. The van der Waals surface area contributed by atoms with E-state index in [2.05, 4.69) is 4.98 Å². The average molecular weight is 269 g/mol. The maximum absolute atomic E-state index is 13.6. The molecule has 0 aliphatic carbocycles. The SMILES string of the molecule is CCC(CO)c1nc(-c2cc(F)ccc2F)cs1. The van der Waals surface area contributed by atoms with Crippen LogP contribution in [0.15, 0.2) is 23.6 Å². The van der Waals surface area contributed by atoms with Crippen LogP contribution in [0.25, 0.3) is 11.3 Å². The molecule has 0 spiro atoms. The van der Waals surface area contributed by atoms with Crippen LogP contribution in [0.1, 0.15) is 24.3 Å². The van der Waals surface area contributed by atoms with Gasteiger partial charge in [0.05, 0.1) is 17.3 Å². The zero-order chi connectivity index (χ0) is 13.1. The van der Waals surface area contributed by atoms with Crippen LogP contribution in [0, 0.1) is 11.6 Å². The van der Waals surface area contributed by atoms with Crippen molar-refractivity contribution in [3.05, 3.63) is 40.2 Å². The highest BCUT2D eigenvalue weighted by Crippen LogP contribution is 2.29. The van der Waals surface area contributed by atoms with E-state index < -0.39 is 11.6 Å². The van der Waals surface area contributed by atoms with Crippen molar-refractivity contribution >= 4 is 11.3 Å². The molecule has 0 radical (unpaired) electrons. The number of hydrogen-bond acceptors (Lipinski definition) is 3. The van der Waals surface area contributed by atoms with Gasteiger partial charge in [-0.2, -0.15) is 0 Å². The van der Waals surface area contributed by atoms with Crippen LogP contribution >= 0.6 is 11.3 Å². The van der Waals surface area contributed by atoms with Crippen molar-refractivity contribution in [2.24, 2.45) is 0 Å². The smallest absolute Gasteiger partial charge is 0.132 e. The van der Waals surface area contributed by atoms with Crippen molar-refractivity contribution in [3.8, 4) is 11.3 Å². The number of aliphatic hydroxyl groups is 1. The molecule has 2 rings (SSSR count). The Morgan fingerprint density at radius 2 is 2.17 bits per heavy atom. The van der Waals surface area contributed by atoms with E-state index in [4.69, 9.17) is 0 Å². The average Bonchev–Trinajstić information content (AvgIpc) is 2.83. The molecule has 1 heterocycles. The Kier molecular flexibility index (Phi) is 4.04. The summed E-state index contributed by atoms with van der Waals surface area (Å²) in [5.74, 6) is -1.03. The topological polar surface area (TPSA) is 33.1 Å². The van der Waals surface area contributed by atoms with Gasteiger partial charge in [0.25, 0.3) is 0 Å². The Labute approximate surface area is 108 Å². The molecule has 96 valence electrons. The minimum absolute atomic E-state index is 0.00901. The molecule has 0 bridgehead atoms. The van der Waals surface area contributed by atoms with E-state index in [0.29, 0.717) is 5.69 Å². The summed E-state index contributed by atoms with van der Waals surface area (Å²) >= 11 is 1.36. The molecule has 0 fully saturated rings. The molecule has 0 saturated heterocycles. The first-order chi connectivity index (χ1) is 8.65. The molecule has 2 aromatic rings. The van der Waals surface area contributed by atoms with Crippen molar-refractivity contribution in [1.82, 2.24) is 4.98 Å². The first-order valence-corrected chi connectivity index (χ1v) is 6.55. The van der Waals surface area contributed by atoms with Gasteiger partial charge in [-0.1, -0.05) is 6.92 Å². The number of thiazole rings is 1. The molecule has 2 nitrogen and oxygen atoms in total. The van der Waals surface area contributed by atoms with Crippen LogP contribution in [0.4, 0.5) is 8.78 Å². The molecular formula is C13H13F2NOS. The minimum atomic E-state index is -0.495. The van der Waals surface area contributed by atoms with Crippen LogP contribution in [0.5, 0.6) is 0 Å². The summed E-state index contributed by atoms with van der Waals surface area (Å²) in [5.41, 5.74) is 0.573. The van der Waals surface area contributed by atoms with Crippen molar-refractivity contribution in [3.63, 3.8) is 0 Å². The Morgan fingerprint density at radius 1 is 1.39 bits per heavy atom. The fraction of sp³-hybridized carbons (Fsp3) is 0.308. The number of aromatic nitrogens is 1. The van der Waals surface area contributed by atoms with Gasteiger partial charge in [0.15, 0.2) is 0 Å². The Hall–Kier alpha value is -1.33. The zero-order valence-electron chi connectivity index (χ0n) is 9.86. The molecule has 1 aromatic carbocycles. The van der Waals surface area contributed by atoms with Crippen molar-refractivity contribution in [2.45, 2.75) is 19.3 Å². The number of aliphatic hydroxyl groups excluding tert-OH is 1. The molecule has 0 aliphatic heterocycles. The van der Waals surface area contributed by atoms with Crippen LogP contribution < -0.4 is 0 Å². The quantitative estimate of drug-likeness (QED) is 0.920. The summed E-state index contributed by atoms with van der Waals surface area (Å²) < 4.78 is 26.7. The monoisotopic (exact) mass is 269 g/mol. The molecule has 1 atom stereocenters. The fourth-order valence-corrected chi connectivity index (χ4v) is 2.67. The predicted molar refractivity (Wildman–Crippen MR) is 67.6 cm³/mol. The van der Waals surface area contributed by atoms with E-state index in [0.717, 1.165) is 29.6 Å². The Bertz CT molecular complexity index is 538. The van der Waals surface area contributed by atoms with Crippen LogP contribution in [-0.4, -0.2) is 16.7 Å². The molecule has 0 saturated carbocycles. The number of hydrogen-bond donors (Lipinski definition) is 1. The van der Waals surface area contributed by atoms with Gasteiger partial charge in [0.2, 0.25) is 0 Å². The largest absolute Gasteiger partial charge is 0.396 e. The van der Waals surface area contributed by atoms with Crippen molar-refractivity contribution < 1.29 is 13.9 Å². The minimum Gasteiger partial charge on any atom is -0.396 e.